The molecule has 15 heavy (non-hydrogen) atoms. The molecule has 0 saturated heterocycles. The Balaban J connectivity index is 2.99. The summed E-state index contributed by atoms with van der Waals surface area (Å²) in [6.07, 6.45) is 0.615. The van der Waals surface area contributed by atoms with Crippen LogP contribution in [0, 0.1) is 10.1 Å². The van der Waals surface area contributed by atoms with Crippen molar-refractivity contribution in [2.24, 2.45) is 0 Å². The molecule has 0 radical (unpaired) electrons. The van der Waals surface area contributed by atoms with Crippen LogP contribution in [0.5, 0.6) is 5.75 Å². The highest BCUT2D eigenvalue weighted by atomic mass is 16.6. The number of nitro groups is 1. The number of methoxy groups -OCH3 is 1. The molecule has 0 heterocycles. The topological polar surface area (TPSA) is 64.4 Å². The summed E-state index contributed by atoms with van der Waals surface area (Å²) in [7, 11) is 3.36. The smallest absolute Gasteiger partial charge is 0.272 e. The van der Waals surface area contributed by atoms with Crippen molar-refractivity contribution in [1.82, 2.24) is 5.32 Å². The third kappa shape index (κ3) is 2.92. The number of nitro benzene ring substituents is 1. The number of ether oxygens (including phenoxy) is 1. The van der Waals surface area contributed by atoms with E-state index >= 15 is 0 Å². The van der Waals surface area contributed by atoms with E-state index in [4.69, 9.17) is 4.74 Å². The van der Waals surface area contributed by atoms with E-state index in [2.05, 4.69) is 5.32 Å². The molecular formula is C10H14N2O3. The van der Waals surface area contributed by atoms with Gasteiger partial charge in [-0.3, -0.25) is 10.1 Å². The lowest BCUT2D eigenvalue weighted by Crippen LogP contribution is -2.11. The molecule has 0 saturated carbocycles. The highest BCUT2D eigenvalue weighted by molar-refractivity contribution is 5.45. The highest BCUT2D eigenvalue weighted by Gasteiger charge is 2.13. The van der Waals surface area contributed by atoms with Crippen molar-refractivity contribution < 1.29 is 9.66 Å². The maximum Gasteiger partial charge on any atom is 0.272 e. The molecule has 1 N–H and O–H groups in total. The Kier molecular flexibility index (Phi) is 4.05. The van der Waals surface area contributed by atoms with Gasteiger partial charge in [-0.2, -0.15) is 0 Å². The van der Waals surface area contributed by atoms with Crippen molar-refractivity contribution >= 4 is 5.69 Å². The van der Waals surface area contributed by atoms with E-state index in [0.29, 0.717) is 24.3 Å². The average molecular weight is 210 g/mol. The molecule has 5 heteroatoms. The van der Waals surface area contributed by atoms with Gasteiger partial charge in [0.05, 0.1) is 12.0 Å². The normalized spacial score (nSPS) is 10.0. The molecule has 0 aromatic heterocycles. The molecule has 1 aromatic rings. The molecule has 5 nitrogen and oxygen atoms in total. The Bertz CT molecular complexity index is 353. The lowest BCUT2D eigenvalue weighted by molar-refractivity contribution is -0.385. The Morgan fingerprint density at radius 3 is 2.80 bits per heavy atom. The van der Waals surface area contributed by atoms with E-state index in [-0.39, 0.29) is 10.6 Å². The van der Waals surface area contributed by atoms with E-state index in [1.165, 1.54) is 6.07 Å². The van der Waals surface area contributed by atoms with Gasteiger partial charge in [-0.1, -0.05) is 0 Å². The van der Waals surface area contributed by atoms with Crippen LogP contribution in [0.25, 0.3) is 0 Å². The number of benzene rings is 1. The monoisotopic (exact) mass is 210 g/mol. The fourth-order valence-electron chi connectivity index (χ4n) is 1.33. The number of likely N-dealkylation sites (N-methyl/N-ethyl adjacent to an activating group) is 1. The highest BCUT2D eigenvalue weighted by Crippen LogP contribution is 2.24. The minimum atomic E-state index is -0.371. The molecule has 0 aliphatic rings. The van der Waals surface area contributed by atoms with Gasteiger partial charge >= 0.3 is 0 Å². The number of hydrogen-bond donors (Lipinski definition) is 1. The van der Waals surface area contributed by atoms with E-state index in [1.807, 2.05) is 7.05 Å². The largest absolute Gasteiger partial charge is 0.497 e. The molecule has 0 spiro atoms. The van der Waals surface area contributed by atoms with Gasteiger partial charge in [0.2, 0.25) is 0 Å². The Hall–Kier alpha value is -1.62. The average Bonchev–Trinajstić information content (AvgIpc) is 2.25. The van der Waals surface area contributed by atoms with Crippen LogP contribution in [-0.4, -0.2) is 25.6 Å². The van der Waals surface area contributed by atoms with Crippen LogP contribution in [0.4, 0.5) is 5.69 Å². The van der Waals surface area contributed by atoms with Crippen LogP contribution in [0.3, 0.4) is 0 Å². The van der Waals surface area contributed by atoms with Crippen molar-refractivity contribution in [2.45, 2.75) is 6.42 Å². The summed E-state index contributed by atoms with van der Waals surface area (Å²) in [5.74, 6) is 0.645. The van der Waals surface area contributed by atoms with E-state index in [1.54, 1.807) is 19.2 Å². The number of nitrogens with zero attached hydrogens (tertiary/aromatic N) is 1. The van der Waals surface area contributed by atoms with Crippen LogP contribution in [0.2, 0.25) is 0 Å². The fraction of sp³-hybridized carbons (Fsp3) is 0.400. The summed E-state index contributed by atoms with van der Waals surface area (Å²) < 4.78 is 5.03. The first-order chi connectivity index (χ1) is 7.19. The van der Waals surface area contributed by atoms with E-state index < -0.39 is 0 Å². The van der Waals surface area contributed by atoms with Gasteiger partial charge in [0.25, 0.3) is 5.69 Å². The third-order valence-electron chi connectivity index (χ3n) is 2.13. The number of hydrogen-bond acceptors (Lipinski definition) is 4. The standard InChI is InChI=1S/C10H14N2O3/c1-11-6-5-8-7-9(15-2)3-4-10(8)12(13)14/h3-4,7,11H,5-6H2,1-2H3. The second kappa shape index (κ2) is 5.31. The first-order valence-electron chi connectivity index (χ1n) is 4.65. The molecule has 0 atom stereocenters. The van der Waals surface area contributed by atoms with Crippen molar-refractivity contribution in [2.75, 3.05) is 20.7 Å². The number of nitrogens with one attached hydrogen (secondary N) is 1. The summed E-state index contributed by atoms with van der Waals surface area (Å²) in [5.41, 5.74) is 0.833. The Morgan fingerprint density at radius 2 is 2.27 bits per heavy atom. The molecule has 82 valence electrons. The van der Waals surface area contributed by atoms with E-state index in [0.717, 1.165) is 0 Å². The second-order valence-electron chi connectivity index (χ2n) is 3.11. The van der Waals surface area contributed by atoms with Crippen LogP contribution in [-0.2, 0) is 6.42 Å². The van der Waals surface area contributed by atoms with Gasteiger partial charge in [-0.05, 0) is 32.1 Å². The van der Waals surface area contributed by atoms with Crippen molar-refractivity contribution in [3.05, 3.63) is 33.9 Å². The SMILES string of the molecule is CNCCc1cc(OC)ccc1[N+](=O)[O-]. The van der Waals surface area contributed by atoms with Gasteiger partial charge in [0.1, 0.15) is 5.75 Å². The molecule has 0 bridgehead atoms. The summed E-state index contributed by atoms with van der Waals surface area (Å²) >= 11 is 0. The maximum absolute atomic E-state index is 10.7. The van der Waals surface area contributed by atoms with Crippen molar-refractivity contribution in [3.8, 4) is 5.75 Å². The van der Waals surface area contributed by atoms with Gasteiger partial charge in [-0.25, -0.2) is 0 Å². The zero-order valence-corrected chi connectivity index (χ0v) is 8.82. The number of rotatable bonds is 5. The lowest BCUT2D eigenvalue weighted by Gasteiger charge is -2.05. The predicted octanol–water partition coefficient (Wildman–Crippen LogP) is 1.37. The molecule has 1 aromatic carbocycles. The minimum absolute atomic E-state index is 0.144. The predicted molar refractivity (Wildman–Crippen MR) is 57.3 cm³/mol. The molecule has 0 aliphatic heterocycles. The fourth-order valence-corrected chi connectivity index (χ4v) is 1.33. The zero-order valence-electron chi connectivity index (χ0n) is 8.82. The van der Waals surface area contributed by atoms with Crippen molar-refractivity contribution in [1.29, 1.82) is 0 Å². The van der Waals surface area contributed by atoms with Crippen LogP contribution in [0.1, 0.15) is 5.56 Å². The van der Waals surface area contributed by atoms with Crippen LogP contribution < -0.4 is 10.1 Å². The summed E-state index contributed by atoms with van der Waals surface area (Å²) in [6, 6.07) is 4.78. The quantitative estimate of drug-likeness (QED) is 0.588. The summed E-state index contributed by atoms with van der Waals surface area (Å²) in [6.45, 7) is 0.702. The van der Waals surface area contributed by atoms with Gasteiger partial charge in [-0.15, -0.1) is 0 Å². The van der Waals surface area contributed by atoms with Gasteiger partial charge in [0.15, 0.2) is 0 Å². The van der Waals surface area contributed by atoms with Gasteiger partial charge < -0.3 is 10.1 Å². The third-order valence-corrected chi connectivity index (χ3v) is 2.13. The minimum Gasteiger partial charge on any atom is -0.497 e. The second-order valence-corrected chi connectivity index (χ2v) is 3.11. The Labute approximate surface area is 88.2 Å². The molecule has 0 fully saturated rings. The molecule has 1 rings (SSSR count). The molecule has 0 aliphatic carbocycles. The molecular weight excluding hydrogens is 196 g/mol. The lowest BCUT2D eigenvalue weighted by atomic mass is 10.1. The molecule has 0 amide bonds. The van der Waals surface area contributed by atoms with E-state index in [9.17, 15) is 10.1 Å². The van der Waals surface area contributed by atoms with Gasteiger partial charge in [0, 0.05) is 11.6 Å². The Morgan fingerprint density at radius 1 is 1.53 bits per heavy atom. The molecule has 0 unspecified atom stereocenters. The summed E-state index contributed by atoms with van der Waals surface area (Å²) in [5, 5.41) is 13.7. The van der Waals surface area contributed by atoms with Crippen LogP contribution in [0.15, 0.2) is 18.2 Å². The van der Waals surface area contributed by atoms with Crippen LogP contribution >= 0.6 is 0 Å². The maximum atomic E-state index is 10.7. The zero-order chi connectivity index (χ0) is 11.3. The summed E-state index contributed by atoms with van der Waals surface area (Å²) in [4.78, 5) is 10.4. The first kappa shape index (κ1) is 11.5. The van der Waals surface area contributed by atoms with Crippen molar-refractivity contribution in [3.63, 3.8) is 0 Å². The first-order valence-corrected chi connectivity index (χ1v) is 4.65.